The van der Waals surface area contributed by atoms with Crippen LogP contribution < -0.4 is 5.32 Å². The van der Waals surface area contributed by atoms with Crippen LogP contribution in [0, 0.1) is 6.92 Å². The molecule has 1 aliphatic rings. The van der Waals surface area contributed by atoms with Crippen molar-refractivity contribution >= 4 is 5.91 Å². The molecular weight excluding hydrogens is 236 g/mol. The van der Waals surface area contributed by atoms with Crippen molar-refractivity contribution in [2.45, 2.75) is 25.8 Å². The van der Waals surface area contributed by atoms with Gasteiger partial charge >= 0.3 is 0 Å². The number of nitrogens with one attached hydrogen (secondary N) is 1. The average molecular weight is 254 g/mol. The first kappa shape index (κ1) is 12.0. The smallest absolute Gasteiger partial charge is 0.253 e. The number of carbonyl (C=O) groups is 1. The Kier molecular flexibility index (Phi) is 2.90. The minimum Gasteiger partial charge on any atom is -0.354 e. The van der Waals surface area contributed by atoms with E-state index in [1.54, 1.807) is 0 Å². The Balaban J connectivity index is 1.71. The number of hydrogen-bond donors (Lipinski definition) is 1. The Hall–Kier alpha value is -2.03. The van der Waals surface area contributed by atoms with E-state index in [0.29, 0.717) is 0 Å². The lowest BCUT2D eigenvalue weighted by molar-refractivity contribution is 0.0938. The van der Waals surface area contributed by atoms with E-state index in [4.69, 9.17) is 0 Å². The summed E-state index contributed by atoms with van der Waals surface area (Å²) >= 11 is 0. The molecule has 1 aromatic heterocycles. The molecule has 0 atom stereocenters. The second-order valence-corrected chi connectivity index (χ2v) is 5.27. The predicted octanol–water partition coefficient (Wildman–Crippen LogP) is 2.23. The molecule has 3 nitrogen and oxygen atoms in total. The Labute approximate surface area is 113 Å². The van der Waals surface area contributed by atoms with Crippen LogP contribution >= 0.6 is 0 Å². The van der Waals surface area contributed by atoms with E-state index in [2.05, 4.69) is 29.6 Å². The minimum atomic E-state index is 0.0379. The largest absolute Gasteiger partial charge is 0.354 e. The van der Waals surface area contributed by atoms with Gasteiger partial charge in [0, 0.05) is 25.0 Å². The third kappa shape index (κ3) is 2.16. The molecule has 0 spiro atoms. The number of amides is 1. The van der Waals surface area contributed by atoms with Gasteiger partial charge in [0.25, 0.3) is 5.91 Å². The molecule has 2 aromatic rings. The van der Waals surface area contributed by atoms with Gasteiger partial charge in [0.1, 0.15) is 0 Å². The summed E-state index contributed by atoms with van der Waals surface area (Å²) in [7, 11) is 1.96. The fourth-order valence-corrected chi connectivity index (χ4v) is 2.77. The molecule has 3 heteroatoms. The molecule has 1 heterocycles. The summed E-state index contributed by atoms with van der Waals surface area (Å²) in [6.07, 6.45) is 3.80. The molecular formula is C16H18N2O. The molecule has 0 fully saturated rings. The van der Waals surface area contributed by atoms with Gasteiger partial charge < -0.3 is 9.88 Å². The van der Waals surface area contributed by atoms with Gasteiger partial charge in [0.05, 0.1) is 5.56 Å². The van der Waals surface area contributed by atoms with E-state index in [-0.39, 0.29) is 11.9 Å². The van der Waals surface area contributed by atoms with Crippen LogP contribution in [0.4, 0.5) is 0 Å². The summed E-state index contributed by atoms with van der Waals surface area (Å²) in [4.78, 5) is 12.3. The lowest BCUT2D eigenvalue weighted by atomic mass is 10.1. The number of aromatic nitrogens is 1. The fraction of sp³-hybridized carbons (Fsp3) is 0.312. The molecule has 0 radical (unpaired) electrons. The Morgan fingerprint density at radius 2 is 1.84 bits per heavy atom. The summed E-state index contributed by atoms with van der Waals surface area (Å²) in [6.45, 7) is 1.97. The highest BCUT2D eigenvalue weighted by Gasteiger charge is 2.23. The van der Waals surface area contributed by atoms with E-state index in [0.717, 1.165) is 24.1 Å². The third-order valence-electron chi connectivity index (χ3n) is 4.01. The molecule has 1 N–H and O–H groups in total. The van der Waals surface area contributed by atoms with Crippen LogP contribution in [-0.4, -0.2) is 16.5 Å². The highest BCUT2D eigenvalue weighted by atomic mass is 16.1. The first-order valence-corrected chi connectivity index (χ1v) is 6.64. The normalized spacial score (nSPS) is 14.4. The molecule has 0 unspecified atom stereocenters. The molecule has 1 aromatic carbocycles. The number of fused-ring (bicyclic) bond motifs is 1. The average Bonchev–Trinajstić information content (AvgIpc) is 2.93. The summed E-state index contributed by atoms with van der Waals surface area (Å²) in [5, 5.41) is 3.14. The summed E-state index contributed by atoms with van der Waals surface area (Å²) < 4.78 is 1.97. The first-order valence-electron chi connectivity index (χ1n) is 6.64. The number of rotatable bonds is 2. The maximum Gasteiger partial charge on any atom is 0.253 e. The minimum absolute atomic E-state index is 0.0379. The van der Waals surface area contributed by atoms with Crippen molar-refractivity contribution in [3.05, 3.63) is 58.9 Å². The summed E-state index contributed by atoms with van der Waals surface area (Å²) in [6, 6.07) is 10.5. The highest BCUT2D eigenvalue weighted by Crippen LogP contribution is 2.22. The van der Waals surface area contributed by atoms with Crippen LogP contribution in [0.25, 0.3) is 0 Å². The van der Waals surface area contributed by atoms with Gasteiger partial charge in [-0.1, -0.05) is 24.3 Å². The lowest BCUT2D eigenvalue weighted by Gasteiger charge is -2.12. The topological polar surface area (TPSA) is 34.0 Å². The van der Waals surface area contributed by atoms with Gasteiger partial charge in [-0.3, -0.25) is 4.79 Å². The summed E-state index contributed by atoms with van der Waals surface area (Å²) in [5.74, 6) is 0.0379. The van der Waals surface area contributed by atoms with E-state index >= 15 is 0 Å². The van der Waals surface area contributed by atoms with Gasteiger partial charge in [0.2, 0.25) is 0 Å². The van der Waals surface area contributed by atoms with Gasteiger partial charge in [-0.2, -0.15) is 0 Å². The number of benzene rings is 1. The zero-order valence-electron chi connectivity index (χ0n) is 11.3. The van der Waals surface area contributed by atoms with Gasteiger partial charge in [-0.15, -0.1) is 0 Å². The molecule has 0 saturated heterocycles. The Bertz CT molecular complexity index is 602. The zero-order valence-corrected chi connectivity index (χ0v) is 11.3. The monoisotopic (exact) mass is 254 g/mol. The standard InChI is InChI=1S/C16H18N2O/c1-11-15(7-8-18(11)2)16(19)17-14-9-12-5-3-4-6-13(12)10-14/h3-8,14H,9-10H2,1-2H3,(H,17,19). The van der Waals surface area contributed by atoms with Crippen molar-refractivity contribution in [2.24, 2.45) is 7.05 Å². The molecule has 0 bridgehead atoms. The third-order valence-corrected chi connectivity index (χ3v) is 4.01. The van der Waals surface area contributed by atoms with Crippen LogP contribution in [0.15, 0.2) is 36.5 Å². The van der Waals surface area contributed by atoms with Crippen LogP contribution in [0.1, 0.15) is 27.2 Å². The summed E-state index contributed by atoms with van der Waals surface area (Å²) in [5.41, 5.74) is 4.50. The van der Waals surface area contributed by atoms with Gasteiger partial charge in [-0.05, 0) is 37.0 Å². The zero-order chi connectivity index (χ0) is 13.4. The first-order chi connectivity index (χ1) is 9.15. The van der Waals surface area contributed by atoms with Gasteiger partial charge in [-0.25, -0.2) is 0 Å². The molecule has 3 rings (SSSR count). The fourth-order valence-electron chi connectivity index (χ4n) is 2.77. The van der Waals surface area contributed by atoms with Gasteiger partial charge in [0.15, 0.2) is 0 Å². The SMILES string of the molecule is Cc1c(C(=O)NC2Cc3ccccc3C2)ccn1C. The van der Waals surface area contributed by atoms with Crippen molar-refractivity contribution < 1.29 is 4.79 Å². The van der Waals surface area contributed by atoms with E-state index in [9.17, 15) is 4.79 Å². The van der Waals surface area contributed by atoms with Crippen LogP contribution in [0.5, 0.6) is 0 Å². The maximum absolute atomic E-state index is 12.3. The number of nitrogens with zero attached hydrogens (tertiary/aromatic N) is 1. The van der Waals surface area contributed by atoms with E-state index < -0.39 is 0 Å². The van der Waals surface area contributed by atoms with Crippen molar-refractivity contribution in [3.8, 4) is 0 Å². The van der Waals surface area contributed by atoms with E-state index in [1.165, 1.54) is 11.1 Å². The van der Waals surface area contributed by atoms with Crippen LogP contribution in [0.3, 0.4) is 0 Å². The molecule has 98 valence electrons. The second-order valence-electron chi connectivity index (χ2n) is 5.27. The maximum atomic E-state index is 12.3. The molecule has 1 amide bonds. The molecule has 0 aliphatic heterocycles. The van der Waals surface area contributed by atoms with Crippen molar-refractivity contribution in [3.63, 3.8) is 0 Å². The second kappa shape index (κ2) is 4.57. The lowest BCUT2D eigenvalue weighted by Crippen LogP contribution is -2.35. The van der Waals surface area contributed by atoms with E-state index in [1.807, 2.05) is 30.8 Å². The Morgan fingerprint density at radius 1 is 1.21 bits per heavy atom. The molecule has 19 heavy (non-hydrogen) atoms. The van der Waals surface area contributed by atoms with Crippen molar-refractivity contribution in [1.29, 1.82) is 0 Å². The molecule has 1 aliphatic carbocycles. The van der Waals surface area contributed by atoms with Crippen LogP contribution in [0.2, 0.25) is 0 Å². The molecule has 0 saturated carbocycles. The number of aryl methyl sites for hydroxylation is 1. The van der Waals surface area contributed by atoms with Crippen molar-refractivity contribution in [1.82, 2.24) is 9.88 Å². The predicted molar refractivity (Wildman–Crippen MR) is 75.3 cm³/mol. The van der Waals surface area contributed by atoms with Crippen LogP contribution in [-0.2, 0) is 19.9 Å². The number of carbonyl (C=O) groups excluding carboxylic acids is 1. The van der Waals surface area contributed by atoms with Crippen molar-refractivity contribution in [2.75, 3.05) is 0 Å². The quantitative estimate of drug-likeness (QED) is 0.876. The number of hydrogen-bond acceptors (Lipinski definition) is 1. The highest BCUT2D eigenvalue weighted by molar-refractivity contribution is 5.95. The Morgan fingerprint density at radius 3 is 2.37 bits per heavy atom.